The van der Waals surface area contributed by atoms with E-state index < -0.39 is 0 Å². The molecule has 0 unspecified atom stereocenters. The number of benzene rings is 3. The average molecular weight is 454 g/mol. The highest BCUT2D eigenvalue weighted by molar-refractivity contribution is 9.10. The Morgan fingerprint density at radius 1 is 0.867 bits per heavy atom. The maximum absolute atomic E-state index is 3.64. The lowest BCUT2D eigenvalue weighted by atomic mass is 9.69. The summed E-state index contributed by atoms with van der Waals surface area (Å²) in [4.78, 5) is 2.81. The van der Waals surface area contributed by atoms with Gasteiger partial charge in [-0.15, -0.1) is 0 Å². The molecule has 0 saturated carbocycles. The van der Waals surface area contributed by atoms with Crippen molar-refractivity contribution in [2.24, 2.45) is 11.8 Å². The van der Waals surface area contributed by atoms with Gasteiger partial charge in [0.25, 0.3) is 0 Å². The molecule has 5 atom stereocenters. The van der Waals surface area contributed by atoms with Gasteiger partial charge in [-0.1, -0.05) is 76.6 Å². The summed E-state index contributed by atoms with van der Waals surface area (Å²) in [5.41, 5.74) is 6.16. The van der Waals surface area contributed by atoms with Gasteiger partial charge in [0, 0.05) is 28.5 Å². The van der Waals surface area contributed by atoms with Crippen LogP contribution in [0.5, 0.6) is 0 Å². The molecule has 1 nitrogen and oxygen atoms in total. The van der Waals surface area contributed by atoms with Gasteiger partial charge in [-0.25, -0.2) is 0 Å². The molecule has 0 bridgehead atoms. The number of hydrogen-bond acceptors (Lipinski definition) is 1. The fraction of sp³-hybridized carbons (Fsp3) is 0.286. The molecule has 0 spiro atoms. The van der Waals surface area contributed by atoms with Gasteiger partial charge in [-0.2, -0.15) is 0 Å². The molecule has 148 valence electrons. The zero-order valence-corrected chi connectivity index (χ0v) is 18.4. The molecule has 2 heteroatoms. The minimum absolute atomic E-state index is 0.451. The van der Waals surface area contributed by atoms with E-state index in [0.717, 1.165) is 4.47 Å². The van der Waals surface area contributed by atoms with E-state index in [4.69, 9.17) is 0 Å². The molecule has 3 aromatic carbocycles. The highest BCUT2D eigenvalue weighted by atomic mass is 79.9. The van der Waals surface area contributed by atoms with E-state index in [1.165, 1.54) is 35.7 Å². The molecule has 30 heavy (non-hydrogen) atoms. The lowest BCUT2D eigenvalue weighted by Gasteiger charge is -2.51. The van der Waals surface area contributed by atoms with Gasteiger partial charge < -0.3 is 4.90 Å². The van der Waals surface area contributed by atoms with E-state index in [2.05, 4.69) is 99.7 Å². The maximum Gasteiger partial charge on any atom is 0.0582 e. The van der Waals surface area contributed by atoms with Gasteiger partial charge in [-0.3, -0.25) is 0 Å². The number of nitrogens with zero attached hydrogens (tertiary/aromatic N) is 1. The molecule has 3 aromatic rings. The van der Waals surface area contributed by atoms with Gasteiger partial charge in [0.05, 0.1) is 6.04 Å². The zero-order valence-electron chi connectivity index (χ0n) is 16.8. The van der Waals surface area contributed by atoms with E-state index in [-0.39, 0.29) is 0 Å². The van der Waals surface area contributed by atoms with Crippen LogP contribution < -0.4 is 4.90 Å². The molecule has 0 N–H and O–H groups in total. The van der Waals surface area contributed by atoms with E-state index in [1.807, 2.05) is 0 Å². The summed E-state index contributed by atoms with van der Waals surface area (Å²) in [5, 5.41) is 2.87. The van der Waals surface area contributed by atoms with Gasteiger partial charge in [-0.05, 0) is 70.3 Å². The number of allylic oxidation sites excluding steroid dienone is 4. The molecular formula is C28H24BrN. The van der Waals surface area contributed by atoms with E-state index in [9.17, 15) is 0 Å². The van der Waals surface area contributed by atoms with Crippen LogP contribution in [0.1, 0.15) is 47.4 Å². The first-order chi connectivity index (χ1) is 14.8. The second kappa shape index (κ2) is 6.34. The maximum atomic E-state index is 3.64. The summed E-state index contributed by atoms with van der Waals surface area (Å²) in [6.07, 6.45) is 12.2. The number of hydrogen-bond donors (Lipinski definition) is 0. The zero-order chi connectivity index (χ0) is 19.8. The van der Waals surface area contributed by atoms with Gasteiger partial charge in [0.1, 0.15) is 0 Å². The summed E-state index contributed by atoms with van der Waals surface area (Å²) in [6.45, 7) is 1.17. The van der Waals surface area contributed by atoms with Crippen LogP contribution in [-0.2, 0) is 0 Å². The smallest absolute Gasteiger partial charge is 0.0582 e. The summed E-state index contributed by atoms with van der Waals surface area (Å²) < 4.78 is 1.16. The first kappa shape index (κ1) is 17.4. The van der Waals surface area contributed by atoms with Gasteiger partial charge >= 0.3 is 0 Å². The van der Waals surface area contributed by atoms with E-state index >= 15 is 0 Å². The molecule has 2 aliphatic carbocycles. The SMILES string of the molecule is Brc1ccc([C@H]2[C@@H]3CC=C[C@H]3c3c4c(cc5ccccc35)[C@H]3C=CC[C@@H]3CN42)cc1. The van der Waals surface area contributed by atoms with Crippen molar-refractivity contribution in [2.45, 2.75) is 30.7 Å². The van der Waals surface area contributed by atoms with Crippen molar-refractivity contribution in [3.8, 4) is 0 Å². The van der Waals surface area contributed by atoms with Crippen LogP contribution in [0.3, 0.4) is 0 Å². The molecule has 2 aliphatic heterocycles. The molecular weight excluding hydrogens is 430 g/mol. The van der Waals surface area contributed by atoms with E-state index in [0.29, 0.717) is 29.7 Å². The molecule has 7 rings (SSSR count). The third-order valence-corrected chi connectivity index (χ3v) is 8.49. The quantitative estimate of drug-likeness (QED) is 0.344. The van der Waals surface area contributed by atoms with Crippen LogP contribution in [0.4, 0.5) is 5.69 Å². The van der Waals surface area contributed by atoms with Crippen molar-refractivity contribution in [1.29, 1.82) is 0 Å². The van der Waals surface area contributed by atoms with Crippen LogP contribution in [0.2, 0.25) is 0 Å². The summed E-state index contributed by atoms with van der Waals surface area (Å²) in [6, 6.07) is 21.1. The summed E-state index contributed by atoms with van der Waals surface area (Å²) >= 11 is 3.64. The van der Waals surface area contributed by atoms with Gasteiger partial charge in [0.15, 0.2) is 0 Å². The lowest BCUT2D eigenvalue weighted by molar-refractivity contribution is 0.336. The lowest BCUT2D eigenvalue weighted by Crippen LogP contribution is -2.46. The molecule has 0 radical (unpaired) electrons. The van der Waals surface area contributed by atoms with Gasteiger partial charge in [0.2, 0.25) is 0 Å². The average Bonchev–Trinajstić information content (AvgIpc) is 3.44. The molecule has 0 amide bonds. The first-order valence-electron chi connectivity index (χ1n) is 11.2. The Morgan fingerprint density at radius 3 is 2.57 bits per heavy atom. The molecule has 0 aromatic heterocycles. The van der Waals surface area contributed by atoms with Crippen molar-refractivity contribution in [3.63, 3.8) is 0 Å². The molecule has 0 saturated heterocycles. The van der Waals surface area contributed by atoms with Crippen molar-refractivity contribution < 1.29 is 0 Å². The van der Waals surface area contributed by atoms with Crippen LogP contribution in [0, 0.1) is 11.8 Å². The number of halogens is 1. The third kappa shape index (κ3) is 2.29. The van der Waals surface area contributed by atoms with Crippen molar-refractivity contribution in [1.82, 2.24) is 0 Å². The van der Waals surface area contributed by atoms with Crippen LogP contribution in [0.15, 0.2) is 83.4 Å². The minimum Gasteiger partial charge on any atom is -0.363 e. The molecule has 0 fully saturated rings. The second-order valence-corrected chi connectivity index (χ2v) is 10.3. The fourth-order valence-corrected chi connectivity index (χ4v) is 7.03. The molecule has 2 heterocycles. The second-order valence-electron chi connectivity index (χ2n) is 9.40. The van der Waals surface area contributed by atoms with Crippen LogP contribution >= 0.6 is 15.9 Å². The Labute approximate surface area is 186 Å². The first-order valence-corrected chi connectivity index (χ1v) is 12.0. The Morgan fingerprint density at radius 2 is 1.67 bits per heavy atom. The predicted molar refractivity (Wildman–Crippen MR) is 128 cm³/mol. The standard InChI is InChI=1S/C28H24BrN/c29-20-13-11-17(12-14-20)27-24-10-4-9-23(24)26-22-7-2-1-5-18(22)15-25-21-8-3-6-19(21)16-30(27)28(25)26/h1-5,7-9,11-15,19,21,23-24,27H,6,10,16H2/t19-,21+,23-,24-,27+/m1/s1. The minimum atomic E-state index is 0.451. The topological polar surface area (TPSA) is 3.24 Å². The predicted octanol–water partition coefficient (Wildman–Crippen LogP) is 7.50. The van der Waals surface area contributed by atoms with Crippen molar-refractivity contribution >= 4 is 32.4 Å². The van der Waals surface area contributed by atoms with Crippen molar-refractivity contribution in [2.75, 3.05) is 11.4 Å². The van der Waals surface area contributed by atoms with Crippen LogP contribution in [-0.4, -0.2) is 6.54 Å². The molecule has 4 aliphatic rings. The fourth-order valence-electron chi connectivity index (χ4n) is 6.77. The number of anilines is 1. The Kier molecular flexibility index (Phi) is 3.67. The Bertz CT molecular complexity index is 1220. The highest BCUT2D eigenvalue weighted by Crippen LogP contribution is 2.60. The van der Waals surface area contributed by atoms with Crippen LogP contribution in [0.25, 0.3) is 10.8 Å². The van der Waals surface area contributed by atoms with E-state index in [1.54, 1.807) is 16.8 Å². The largest absolute Gasteiger partial charge is 0.363 e. The summed E-state index contributed by atoms with van der Waals surface area (Å²) in [7, 11) is 0. The normalized spacial score (nSPS) is 30.4. The number of rotatable bonds is 1. The monoisotopic (exact) mass is 453 g/mol. The third-order valence-electron chi connectivity index (χ3n) is 7.96. The summed E-state index contributed by atoms with van der Waals surface area (Å²) in [5.74, 6) is 2.41. The Balaban J connectivity index is 1.54. The van der Waals surface area contributed by atoms with Crippen molar-refractivity contribution in [3.05, 3.63) is 100 Å². The Hall–Kier alpha value is -2.32. The number of fused-ring (bicyclic) bond motifs is 6. The highest BCUT2D eigenvalue weighted by Gasteiger charge is 2.48.